The molecule has 3 nitrogen and oxygen atoms in total. The van der Waals surface area contributed by atoms with Crippen LogP contribution >= 0.6 is 11.8 Å². The third-order valence-electron chi connectivity index (χ3n) is 16.4. The van der Waals surface area contributed by atoms with Gasteiger partial charge in [0.15, 0.2) is 17.5 Å². The zero-order valence-electron chi connectivity index (χ0n) is 33.8. The minimum atomic E-state index is -0.0965. The van der Waals surface area contributed by atoms with Crippen molar-refractivity contribution in [2.45, 2.75) is 60.2 Å². The number of fused-ring (bicyclic) bond motifs is 12. The summed E-state index contributed by atoms with van der Waals surface area (Å²) < 4.78 is 0. The van der Waals surface area contributed by atoms with E-state index in [2.05, 4.69) is 166 Å². The van der Waals surface area contributed by atoms with Crippen LogP contribution in [0, 0.1) is 29.1 Å². The van der Waals surface area contributed by atoms with E-state index >= 15 is 0 Å². The topological polar surface area (TPSA) is 38.7 Å². The summed E-state index contributed by atoms with van der Waals surface area (Å²) >= 11 is 1.99. The molecular formula is C56H43N3S. The molecule has 5 aliphatic carbocycles. The Kier molecular flexibility index (Phi) is 6.62. The molecule has 14 rings (SSSR count). The first-order valence-corrected chi connectivity index (χ1v) is 22.8. The summed E-state index contributed by atoms with van der Waals surface area (Å²) in [6, 6.07) is 55.7. The van der Waals surface area contributed by atoms with E-state index in [-0.39, 0.29) is 10.8 Å². The Morgan fingerprint density at radius 3 is 2.02 bits per heavy atom. The lowest BCUT2D eigenvalue weighted by Gasteiger charge is -2.77. The number of nitrogens with zero attached hydrogens (tertiary/aromatic N) is 3. The molecule has 7 aromatic carbocycles. The fourth-order valence-corrected chi connectivity index (χ4v) is 15.7. The van der Waals surface area contributed by atoms with Crippen molar-refractivity contribution in [2.24, 2.45) is 29.1 Å². The Balaban J connectivity index is 0.939. The van der Waals surface area contributed by atoms with E-state index in [0.29, 0.717) is 17.1 Å². The van der Waals surface area contributed by atoms with Crippen LogP contribution in [-0.4, -0.2) is 15.0 Å². The highest BCUT2D eigenvalue weighted by Crippen LogP contribution is 2.90. The first-order chi connectivity index (χ1) is 29.4. The molecule has 4 heteroatoms. The van der Waals surface area contributed by atoms with Crippen molar-refractivity contribution < 1.29 is 0 Å². The SMILES string of the molecule is CC1(C)c2ccccc2Sc2ccc3c(c21)C1(c2ccc(-c4nc(-c5ccccc5)nc(-c5ccc(-c6cccc7ccccc67)cc5)n4)cc2-3)C2CC3CC4CC1C42C3. The summed E-state index contributed by atoms with van der Waals surface area (Å²) in [6.07, 6.45) is 5.71. The second-order valence-corrected chi connectivity index (χ2v) is 20.3. The van der Waals surface area contributed by atoms with E-state index in [1.165, 1.54) is 74.1 Å². The molecule has 6 atom stereocenters. The lowest BCUT2D eigenvalue weighted by Crippen LogP contribution is -2.74. The van der Waals surface area contributed by atoms with Crippen molar-refractivity contribution in [2.75, 3.05) is 0 Å². The highest BCUT2D eigenvalue weighted by Gasteiger charge is 2.85. The molecule has 288 valence electrons. The maximum Gasteiger partial charge on any atom is 0.164 e. The molecule has 0 radical (unpaired) electrons. The Hall–Kier alpha value is -5.84. The first-order valence-electron chi connectivity index (χ1n) is 21.9. The van der Waals surface area contributed by atoms with Gasteiger partial charge in [0.1, 0.15) is 0 Å². The standard InChI is InChI=1S/C56H43N3S/c1-54(2)44-17-8-9-18-45(44)60-46-26-24-41-42-29-37(23-25-43(42)56(49(41)50(46)54)47-28-32-27-38-30-48(56)55(38,47)31-32)53-58-51(35-12-4-3-5-13-35)57-52(59-53)36-21-19-34(20-22-36)40-16-10-14-33-11-6-7-15-39(33)40/h3-26,29,32,38,47-48H,27-28,30-31H2,1-2H3. The van der Waals surface area contributed by atoms with E-state index in [1.54, 1.807) is 16.7 Å². The van der Waals surface area contributed by atoms with Gasteiger partial charge in [-0.05, 0) is 128 Å². The van der Waals surface area contributed by atoms with Crippen molar-refractivity contribution >= 4 is 22.5 Å². The molecule has 0 saturated heterocycles. The Bertz CT molecular complexity index is 3150. The molecule has 1 aliphatic heterocycles. The van der Waals surface area contributed by atoms with E-state index in [9.17, 15) is 0 Å². The van der Waals surface area contributed by atoms with Crippen LogP contribution in [0.4, 0.5) is 0 Å². The summed E-state index contributed by atoms with van der Waals surface area (Å²) in [4.78, 5) is 18.5. The number of hydrogen-bond donors (Lipinski definition) is 0. The summed E-state index contributed by atoms with van der Waals surface area (Å²) in [5, 5.41) is 2.50. The summed E-state index contributed by atoms with van der Waals surface area (Å²) in [5.41, 5.74) is 15.1. The molecule has 4 saturated carbocycles. The molecule has 8 aromatic rings. The van der Waals surface area contributed by atoms with Crippen molar-refractivity contribution in [1.82, 2.24) is 15.0 Å². The largest absolute Gasteiger partial charge is 0.208 e. The Morgan fingerprint density at radius 2 is 1.18 bits per heavy atom. The molecule has 6 unspecified atom stereocenters. The fourth-order valence-electron chi connectivity index (χ4n) is 14.2. The minimum absolute atomic E-state index is 0.0790. The minimum Gasteiger partial charge on any atom is -0.208 e. The van der Waals surface area contributed by atoms with Crippen LogP contribution in [0.1, 0.15) is 61.8 Å². The molecule has 2 bridgehead atoms. The Morgan fingerprint density at radius 1 is 0.500 bits per heavy atom. The van der Waals surface area contributed by atoms with Crippen LogP contribution in [0.15, 0.2) is 161 Å². The zero-order chi connectivity index (χ0) is 39.5. The average Bonchev–Trinajstić information content (AvgIpc) is 3.93. The van der Waals surface area contributed by atoms with Crippen LogP contribution in [-0.2, 0) is 10.8 Å². The number of rotatable bonds is 4. The molecular weight excluding hydrogens is 747 g/mol. The predicted octanol–water partition coefficient (Wildman–Crippen LogP) is 13.8. The van der Waals surface area contributed by atoms with Crippen LogP contribution in [0.2, 0.25) is 0 Å². The van der Waals surface area contributed by atoms with Gasteiger partial charge in [-0.25, -0.2) is 15.0 Å². The summed E-state index contributed by atoms with van der Waals surface area (Å²) in [6.45, 7) is 5.00. The summed E-state index contributed by atoms with van der Waals surface area (Å²) in [7, 11) is 0. The molecule has 0 amide bonds. The third-order valence-corrected chi connectivity index (χ3v) is 17.6. The van der Waals surface area contributed by atoms with E-state index in [4.69, 9.17) is 15.0 Å². The predicted molar refractivity (Wildman–Crippen MR) is 243 cm³/mol. The van der Waals surface area contributed by atoms with E-state index < -0.39 is 0 Å². The summed E-state index contributed by atoms with van der Waals surface area (Å²) in [5.74, 6) is 5.41. The van der Waals surface area contributed by atoms with E-state index in [0.717, 1.165) is 46.2 Å². The molecule has 0 N–H and O–H groups in total. The highest BCUT2D eigenvalue weighted by atomic mass is 32.2. The quantitative estimate of drug-likeness (QED) is 0.178. The van der Waals surface area contributed by atoms with Gasteiger partial charge in [0.25, 0.3) is 0 Å². The molecule has 60 heavy (non-hydrogen) atoms. The third kappa shape index (κ3) is 4.16. The van der Waals surface area contributed by atoms with Crippen LogP contribution in [0.5, 0.6) is 0 Å². The van der Waals surface area contributed by atoms with Gasteiger partial charge >= 0.3 is 0 Å². The lowest BCUT2D eigenvalue weighted by molar-refractivity contribution is -0.232. The smallest absolute Gasteiger partial charge is 0.164 e. The Labute approximate surface area is 355 Å². The van der Waals surface area contributed by atoms with Crippen molar-refractivity contribution in [1.29, 1.82) is 0 Å². The number of hydrogen-bond acceptors (Lipinski definition) is 4. The van der Waals surface area contributed by atoms with Crippen LogP contribution in [0.3, 0.4) is 0 Å². The average molecular weight is 790 g/mol. The van der Waals surface area contributed by atoms with Gasteiger partial charge in [0, 0.05) is 37.3 Å². The first kappa shape index (κ1) is 33.9. The van der Waals surface area contributed by atoms with Gasteiger partial charge < -0.3 is 0 Å². The fraction of sp³-hybridized carbons (Fsp3) is 0.232. The number of aromatic nitrogens is 3. The van der Waals surface area contributed by atoms with Gasteiger partial charge in [-0.1, -0.05) is 159 Å². The van der Waals surface area contributed by atoms with Gasteiger partial charge in [-0.2, -0.15) is 0 Å². The van der Waals surface area contributed by atoms with Gasteiger partial charge in [0.05, 0.1) is 0 Å². The van der Waals surface area contributed by atoms with Crippen molar-refractivity contribution in [3.05, 3.63) is 174 Å². The second kappa shape index (κ2) is 11.7. The zero-order valence-corrected chi connectivity index (χ0v) is 34.6. The van der Waals surface area contributed by atoms with Crippen LogP contribution < -0.4 is 0 Å². The highest BCUT2D eigenvalue weighted by molar-refractivity contribution is 7.99. The molecule has 6 aliphatic rings. The van der Waals surface area contributed by atoms with Crippen molar-refractivity contribution in [3.63, 3.8) is 0 Å². The van der Waals surface area contributed by atoms with Gasteiger partial charge in [-0.15, -0.1) is 0 Å². The normalized spacial score (nSPS) is 26.4. The van der Waals surface area contributed by atoms with Crippen LogP contribution in [0.25, 0.3) is 67.2 Å². The molecule has 2 spiro atoms. The maximum absolute atomic E-state index is 5.30. The molecule has 4 fully saturated rings. The lowest BCUT2D eigenvalue weighted by atomic mass is 9.26. The monoisotopic (exact) mass is 789 g/mol. The van der Waals surface area contributed by atoms with Crippen molar-refractivity contribution in [3.8, 4) is 56.4 Å². The van der Waals surface area contributed by atoms with Gasteiger partial charge in [0.2, 0.25) is 0 Å². The number of benzene rings is 7. The maximum atomic E-state index is 5.30. The van der Waals surface area contributed by atoms with Gasteiger partial charge in [-0.3, -0.25) is 0 Å². The molecule has 1 aromatic heterocycles. The second-order valence-electron chi connectivity index (χ2n) is 19.2. The van der Waals surface area contributed by atoms with E-state index in [1.807, 2.05) is 11.8 Å². The molecule has 2 heterocycles.